The van der Waals surface area contributed by atoms with E-state index in [2.05, 4.69) is 15.2 Å². The lowest BCUT2D eigenvalue weighted by molar-refractivity contribution is -0.138. The van der Waals surface area contributed by atoms with Crippen LogP contribution < -0.4 is 14.8 Å². The first-order valence-corrected chi connectivity index (χ1v) is 12.1. The molecular formula is C25H23F3N4O4S. The molecule has 0 atom stereocenters. The fraction of sp³-hybridized carbons (Fsp3) is 0.320. The lowest BCUT2D eigenvalue weighted by Crippen LogP contribution is -2.37. The summed E-state index contributed by atoms with van der Waals surface area (Å²) in [4.78, 5) is 19.5. The maximum atomic E-state index is 13.5. The van der Waals surface area contributed by atoms with Gasteiger partial charge in [-0.25, -0.2) is 0 Å². The average molecular weight is 533 g/mol. The Hall–Kier alpha value is -3.53. The van der Waals surface area contributed by atoms with Crippen LogP contribution in [0, 0.1) is 11.3 Å². The highest BCUT2D eigenvalue weighted by Crippen LogP contribution is 2.41. The van der Waals surface area contributed by atoms with Crippen molar-refractivity contribution >= 4 is 28.9 Å². The highest BCUT2D eigenvalue weighted by atomic mass is 32.2. The highest BCUT2D eigenvalue weighted by molar-refractivity contribution is 8.18. The summed E-state index contributed by atoms with van der Waals surface area (Å²) < 4.78 is 56.7. The molecule has 1 amide bonds. The number of rotatable bonds is 7. The highest BCUT2D eigenvalue weighted by Gasteiger charge is 2.35. The zero-order valence-electron chi connectivity index (χ0n) is 19.8. The second-order valence-corrected chi connectivity index (χ2v) is 9.07. The van der Waals surface area contributed by atoms with E-state index in [1.807, 2.05) is 0 Å². The Kier molecular flexibility index (Phi) is 8.38. The summed E-state index contributed by atoms with van der Waals surface area (Å²) in [5.41, 5.74) is -0.614. The molecule has 0 radical (unpaired) electrons. The van der Waals surface area contributed by atoms with E-state index >= 15 is 0 Å². The topological polar surface area (TPSA) is 96.2 Å². The Labute approximate surface area is 215 Å². The van der Waals surface area contributed by atoms with E-state index in [0.717, 1.165) is 31.8 Å². The molecule has 2 fully saturated rings. The molecule has 2 aliphatic heterocycles. The molecule has 2 saturated heterocycles. The van der Waals surface area contributed by atoms with E-state index in [-0.39, 0.29) is 23.0 Å². The van der Waals surface area contributed by atoms with Crippen LogP contribution in [-0.2, 0) is 15.7 Å². The van der Waals surface area contributed by atoms with E-state index in [1.165, 1.54) is 31.0 Å². The van der Waals surface area contributed by atoms with Crippen molar-refractivity contribution in [2.24, 2.45) is 4.99 Å². The molecular weight excluding hydrogens is 509 g/mol. The number of methoxy groups -OCH3 is 1. The number of amidine groups is 1. The molecule has 0 aliphatic carbocycles. The third-order valence-corrected chi connectivity index (χ3v) is 6.49. The standard InChI is InChI=1S/C25H23F3N4O4S/c1-34-21-13-16(2-5-20(21)36-19-4-3-17(15-29)12-18(19)25(26,27)28)14-22-23(33)31-24(37-22)30-6-7-32-8-10-35-11-9-32/h2-5,12-14H,6-11H2,1H3,(H,30,31,33)/b22-14-. The predicted molar refractivity (Wildman–Crippen MR) is 132 cm³/mol. The summed E-state index contributed by atoms with van der Waals surface area (Å²) in [6.07, 6.45) is -3.08. The number of alkyl halides is 3. The first-order chi connectivity index (χ1) is 17.8. The number of amides is 1. The smallest absolute Gasteiger partial charge is 0.420 e. The zero-order valence-corrected chi connectivity index (χ0v) is 20.6. The fourth-order valence-corrected chi connectivity index (χ4v) is 4.50. The Balaban J connectivity index is 1.47. The molecule has 2 aromatic carbocycles. The van der Waals surface area contributed by atoms with Crippen molar-refractivity contribution in [1.82, 2.24) is 10.2 Å². The van der Waals surface area contributed by atoms with Crippen LogP contribution in [0.1, 0.15) is 16.7 Å². The first kappa shape index (κ1) is 26.5. The van der Waals surface area contributed by atoms with Gasteiger partial charge in [-0.3, -0.25) is 14.7 Å². The number of morpholine rings is 1. The van der Waals surface area contributed by atoms with Crippen LogP contribution >= 0.6 is 11.8 Å². The molecule has 0 aromatic heterocycles. The number of thioether (sulfide) groups is 1. The molecule has 2 heterocycles. The number of halogens is 3. The van der Waals surface area contributed by atoms with Crippen LogP contribution in [0.2, 0.25) is 0 Å². The van der Waals surface area contributed by atoms with E-state index < -0.39 is 17.5 Å². The monoisotopic (exact) mass is 532 g/mol. The summed E-state index contributed by atoms with van der Waals surface area (Å²) in [6.45, 7) is 4.46. The van der Waals surface area contributed by atoms with Gasteiger partial charge in [-0.05, 0) is 53.7 Å². The molecule has 12 heteroatoms. The van der Waals surface area contributed by atoms with Crippen molar-refractivity contribution in [3.63, 3.8) is 0 Å². The van der Waals surface area contributed by atoms with E-state index in [0.29, 0.717) is 35.4 Å². The molecule has 37 heavy (non-hydrogen) atoms. The minimum atomic E-state index is -4.71. The number of nitrogens with zero attached hydrogens (tertiary/aromatic N) is 3. The van der Waals surface area contributed by atoms with Crippen LogP contribution in [0.15, 0.2) is 46.3 Å². The second-order valence-electron chi connectivity index (χ2n) is 8.04. The minimum absolute atomic E-state index is 0.0498. The number of carbonyl (C=O) groups excluding carboxylic acids is 1. The lowest BCUT2D eigenvalue weighted by atomic mass is 10.1. The number of hydrogen-bond donors (Lipinski definition) is 1. The van der Waals surface area contributed by atoms with Crippen LogP contribution in [-0.4, -0.2) is 62.5 Å². The zero-order chi connectivity index (χ0) is 26.4. The number of nitriles is 1. The number of carbonyl (C=O) groups is 1. The van der Waals surface area contributed by atoms with Crippen LogP contribution in [0.5, 0.6) is 17.2 Å². The fourth-order valence-electron chi connectivity index (χ4n) is 3.66. The van der Waals surface area contributed by atoms with Crippen molar-refractivity contribution in [2.75, 3.05) is 46.5 Å². The van der Waals surface area contributed by atoms with Crippen molar-refractivity contribution in [2.45, 2.75) is 6.18 Å². The van der Waals surface area contributed by atoms with Crippen molar-refractivity contribution in [3.8, 4) is 23.3 Å². The largest absolute Gasteiger partial charge is 0.493 e. The van der Waals surface area contributed by atoms with Crippen molar-refractivity contribution < 1.29 is 32.2 Å². The number of hydrogen-bond acceptors (Lipinski definition) is 8. The Morgan fingerprint density at radius 1 is 1.19 bits per heavy atom. The molecule has 2 aromatic rings. The molecule has 0 spiro atoms. The molecule has 2 aliphatic rings. The van der Waals surface area contributed by atoms with Gasteiger partial charge in [-0.2, -0.15) is 18.4 Å². The third kappa shape index (κ3) is 6.82. The number of ether oxygens (including phenoxy) is 3. The molecule has 0 unspecified atom stereocenters. The summed E-state index contributed by atoms with van der Waals surface area (Å²) in [5, 5.41) is 12.2. The Morgan fingerprint density at radius 2 is 1.95 bits per heavy atom. The summed E-state index contributed by atoms with van der Waals surface area (Å²) in [5.74, 6) is -0.523. The van der Waals surface area contributed by atoms with E-state index in [9.17, 15) is 18.0 Å². The SMILES string of the molecule is COc1cc(/C=C2\SC(=NCCN3CCOCC3)NC2=O)ccc1Oc1ccc(C#N)cc1C(F)(F)F. The van der Waals surface area contributed by atoms with Gasteiger partial charge in [0.2, 0.25) is 0 Å². The average Bonchev–Trinajstić information content (AvgIpc) is 3.23. The predicted octanol–water partition coefficient (Wildman–Crippen LogP) is 4.27. The maximum absolute atomic E-state index is 13.5. The number of aliphatic imine (C=N–C) groups is 1. The molecule has 4 rings (SSSR count). The third-order valence-electron chi connectivity index (χ3n) is 5.55. The maximum Gasteiger partial charge on any atom is 0.420 e. The quantitative estimate of drug-likeness (QED) is 0.532. The minimum Gasteiger partial charge on any atom is -0.493 e. The van der Waals surface area contributed by atoms with Gasteiger partial charge in [-0.15, -0.1) is 0 Å². The van der Waals surface area contributed by atoms with E-state index in [4.69, 9.17) is 19.5 Å². The number of nitrogens with one attached hydrogen (secondary N) is 1. The van der Waals surface area contributed by atoms with E-state index in [1.54, 1.807) is 24.3 Å². The molecule has 8 nitrogen and oxygen atoms in total. The summed E-state index contributed by atoms with van der Waals surface area (Å²) >= 11 is 1.21. The van der Waals surface area contributed by atoms with Gasteiger partial charge in [0, 0.05) is 19.6 Å². The molecule has 0 bridgehead atoms. The first-order valence-electron chi connectivity index (χ1n) is 11.3. The summed E-state index contributed by atoms with van der Waals surface area (Å²) in [6, 6.07) is 9.37. The van der Waals surface area contributed by atoms with Gasteiger partial charge in [0.25, 0.3) is 5.91 Å². The van der Waals surface area contributed by atoms with Gasteiger partial charge >= 0.3 is 6.18 Å². The van der Waals surface area contributed by atoms with Gasteiger partial charge in [0.1, 0.15) is 5.75 Å². The number of benzene rings is 2. The van der Waals surface area contributed by atoms with Gasteiger partial charge in [0.05, 0.1) is 49.0 Å². The van der Waals surface area contributed by atoms with Gasteiger partial charge < -0.3 is 19.5 Å². The molecule has 194 valence electrons. The molecule has 0 saturated carbocycles. The van der Waals surface area contributed by atoms with Gasteiger partial charge in [0.15, 0.2) is 16.7 Å². The van der Waals surface area contributed by atoms with Crippen molar-refractivity contribution in [3.05, 3.63) is 58.0 Å². The Bertz CT molecular complexity index is 1270. The van der Waals surface area contributed by atoms with Crippen molar-refractivity contribution in [1.29, 1.82) is 5.26 Å². The Morgan fingerprint density at radius 3 is 2.65 bits per heavy atom. The second kappa shape index (κ2) is 11.7. The lowest BCUT2D eigenvalue weighted by Gasteiger charge is -2.25. The summed E-state index contributed by atoms with van der Waals surface area (Å²) in [7, 11) is 1.36. The van der Waals surface area contributed by atoms with Gasteiger partial charge in [-0.1, -0.05) is 6.07 Å². The van der Waals surface area contributed by atoms with Crippen LogP contribution in [0.4, 0.5) is 13.2 Å². The normalized spacial score (nSPS) is 18.6. The molecule has 1 N–H and O–H groups in total. The van der Waals surface area contributed by atoms with Crippen LogP contribution in [0.3, 0.4) is 0 Å². The van der Waals surface area contributed by atoms with Crippen LogP contribution in [0.25, 0.3) is 6.08 Å².